The van der Waals surface area contributed by atoms with Crippen molar-refractivity contribution in [2.75, 3.05) is 25.1 Å². The van der Waals surface area contributed by atoms with Crippen molar-refractivity contribution in [3.8, 4) is 11.5 Å². The first-order valence-electron chi connectivity index (χ1n) is 13.5. The first kappa shape index (κ1) is 31.5. The molecule has 3 aromatic carbocycles. The highest BCUT2D eigenvalue weighted by Crippen LogP contribution is 2.26. The first-order valence-corrected chi connectivity index (χ1v) is 14.9. The summed E-state index contributed by atoms with van der Waals surface area (Å²) in [6, 6.07) is 19.1. The maximum absolute atomic E-state index is 14.0. The maximum atomic E-state index is 14.0. The Labute approximate surface area is 243 Å². The van der Waals surface area contributed by atoms with Gasteiger partial charge in [0.2, 0.25) is 11.8 Å². The van der Waals surface area contributed by atoms with Gasteiger partial charge in [0.05, 0.1) is 24.8 Å². The number of carbonyl (C=O) groups is 2. The molecule has 0 radical (unpaired) electrons. The zero-order valence-corrected chi connectivity index (χ0v) is 25.3. The van der Waals surface area contributed by atoms with Crippen molar-refractivity contribution in [3.05, 3.63) is 83.9 Å². The number of anilines is 1. The molecule has 220 valence electrons. The highest BCUT2D eigenvalue weighted by atomic mass is 32.2. The lowest BCUT2D eigenvalue weighted by Gasteiger charge is -2.32. The van der Waals surface area contributed by atoms with Crippen LogP contribution in [0.25, 0.3) is 0 Å². The molecule has 0 unspecified atom stereocenters. The minimum absolute atomic E-state index is 0.00795. The summed E-state index contributed by atoms with van der Waals surface area (Å²) in [5.74, 6) is 0.260. The summed E-state index contributed by atoms with van der Waals surface area (Å²) in [4.78, 5) is 28.6. The normalized spacial score (nSPS) is 12.6. The van der Waals surface area contributed by atoms with Crippen LogP contribution in [0.2, 0.25) is 0 Å². The number of amides is 2. The number of methoxy groups -OCH3 is 2. The molecule has 0 heterocycles. The van der Waals surface area contributed by atoms with Gasteiger partial charge in [-0.05, 0) is 81.3 Å². The lowest BCUT2D eigenvalue weighted by molar-refractivity contribution is -0.139. The molecule has 2 amide bonds. The third-order valence-corrected chi connectivity index (χ3v) is 8.69. The van der Waals surface area contributed by atoms with E-state index in [2.05, 4.69) is 5.32 Å². The van der Waals surface area contributed by atoms with Crippen molar-refractivity contribution in [1.29, 1.82) is 0 Å². The van der Waals surface area contributed by atoms with Crippen LogP contribution >= 0.6 is 0 Å². The van der Waals surface area contributed by atoms with Crippen LogP contribution in [-0.4, -0.2) is 58.0 Å². The van der Waals surface area contributed by atoms with Crippen LogP contribution in [0.1, 0.15) is 38.3 Å². The molecule has 10 heteroatoms. The average Bonchev–Trinajstić information content (AvgIpc) is 2.98. The van der Waals surface area contributed by atoms with E-state index in [9.17, 15) is 18.0 Å². The van der Waals surface area contributed by atoms with E-state index in [-0.39, 0.29) is 23.4 Å². The van der Waals surface area contributed by atoms with Crippen molar-refractivity contribution in [1.82, 2.24) is 10.2 Å². The van der Waals surface area contributed by atoms with Gasteiger partial charge in [-0.25, -0.2) is 8.42 Å². The Morgan fingerprint density at radius 1 is 0.902 bits per heavy atom. The zero-order chi connectivity index (χ0) is 30.2. The Hall–Kier alpha value is -4.05. The van der Waals surface area contributed by atoms with Gasteiger partial charge in [-0.2, -0.15) is 0 Å². The summed E-state index contributed by atoms with van der Waals surface area (Å²) in [5, 5.41) is 2.93. The molecule has 41 heavy (non-hydrogen) atoms. The number of aryl methyl sites for hydroxylation is 1. The fraction of sp³-hybridized carbons (Fsp3) is 0.355. The second-order valence-corrected chi connectivity index (χ2v) is 11.8. The smallest absolute Gasteiger partial charge is 0.264 e. The molecule has 0 aromatic heterocycles. The second kappa shape index (κ2) is 14.0. The van der Waals surface area contributed by atoms with Crippen molar-refractivity contribution in [3.63, 3.8) is 0 Å². The van der Waals surface area contributed by atoms with Crippen molar-refractivity contribution < 1.29 is 27.5 Å². The number of benzene rings is 3. The number of rotatable bonds is 13. The fourth-order valence-corrected chi connectivity index (χ4v) is 5.54. The van der Waals surface area contributed by atoms with Gasteiger partial charge in [-0.15, -0.1) is 0 Å². The van der Waals surface area contributed by atoms with E-state index >= 15 is 0 Å². The molecule has 0 fully saturated rings. The van der Waals surface area contributed by atoms with E-state index in [4.69, 9.17) is 9.47 Å². The molecule has 0 saturated carbocycles. The predicted octanol–water partition coefficient (Wildman–Crippen LogP) is 4.54. The molecular weight excluding hydrogens is 542 g/mol. The third-order valence-electron chi connectivity index (χ3n) is 6.90. The number of hydrogen-bond acceptors (Lipinski definition) is 6. The molecule has 3 aromatic rings. The highest BCUT2D eigenvalue weighted by Gasteiger charge is 2.33. The zero-order valence-electron chi connectivity index (χ0n) is 24.5. The van der Waals surface area contributed by atoms with E-state index in [0.29, 0.717) is 17.2 Å². The third kappa shape index (κ3) is 8.00. The Morgan fingerprint density at radius 3 is 2.12 bits per heavy atom. The maximum Gasteiger partial charge on any atom is 0.264 e. The van der Waals surface area contributed by atoms with Gasteiger partial charge in [0.1, 0.15) is 24.1 Å². The summed E-state index contributed by atoms with van der Waals surface area (Å²) < 4.78 is 39.4. The number of nitrogens with one attached hydrogen (secondary N) is 1. The minimum atomic E-state index is -4.16. The van der Waals surface area contributed by atoms with Gasteiger partial charge in [-0.3, -0.25) is 13.9 Å². The molecule has 9 nitrogen and oxygen atoms in total. The van der Waals surface area contributed by atoms with E-state index < -0.39 is 28.5 Å². The quantitative estimate of drug-likeness (QED) is 0.318. The van der Waals surface area contributed by atoms with Gasteiger partial charge >= 0.3 is 0 Å². The molecule has 0 aliphatic rings. The Bertz CT molecular complexity index is 1420. The number of sulfonamides is 1. The van der Waals surface area contributed by atoms with Crippen LogP contribution in [0.3, 0.4) is 0 Å². The Morgan fingerprint density at radius 2 is 1.54 bits per heavy atom. The predicted molar refractivity (Wildman–Crippen MR) is 160 cm³/mol. The van der Waals surface area contributed by atoms with E-state index in [1.54, 1.807) is 68.6 Å². The summed E-state index contributed by atoms with van der Waals surface area (Å²) in [7, 11) is -1.12. The molecule has 0 spiro atoms. The summed E-state index contributed by atoms with van der Waals surface area (Å²) >= 11 is 0. The molecule has 0 bridgehead atoms. The molecule has 3 rings (SSSR count). The standard InChI is InChI=1S/C31H39N3O6S/c1-7-23(3)32-31(36)24(4)33(20-25-9-8-10-28(19-25)40-6)30(35)21-34(26-13-11-22(2)12-14-26)41(37,38)29-17-15-27(39-5)16-18-29/h8-19,23-24H,7,20-21H2,1-6H3,(H,32,36)/t23-,24+/m0/s1. The van der Waals surface area contributed by atoms with Gasteiger partial charge in [-0.1, -0.05) is 36.8 Å². The van der Waals surface area contributed by atoms with E-state index in [1.165, 1.54) is 24.1 Å². The van der Waals surface area contributed by atoms with Crippen LogP contribution in [0.15, 0.2) is 77.7 Å². The summed E-state index contributed by atoms with van der Waals surface area (Å²) in [6.07, 6.45) is 0.726. The van der Waals surface area contributed by atoms with Crippen molar-refractivity contribution in [2.24, 2.45) is 0 Å². The second-order valence-electron chi connectivity index (χ2n) is 9.89. The Kier molecular flexibility index (Phi) is 10.8. The van der Waals surface area contributed by atoms with Gasteiger partial charge in [0.15, 0.2) is 0 Å². The molecular formula is C31H39N3O6S. The summed E-state index contributed by atoms with van der Waals surface area (Å²) in [5.41, 5.74) is 2.01. The lowest BCUT2D eigenvalue weighted by Crippen LogP contribution is -2.52. The first-order chi connectivity index (χ1) is 19.5. The summed E-state index contributed by atoms with van der Waals surface area (Å²) in [6.45, 7) is 6.95. The van der Waals surface area contributed by atoms with E-state index in [0.717, 1.165) is 21.9 Å². The number of carbonyl (C=O) groups excluding carboxylic acids is 2. The molecule has 0 aliphatic heterocycles. The van der Waals surface area contributed by atoms with Crippen molar-refractivity contribution in [2.45, 2.75) is 57.6 Å². The monoisotopic (exact) mass is 581 g/mol. The number of ether oxygens (including phenoxy) is 2. The topological polar surface area (TPSA) is 105 Å². The van der Waals surface area contributed by atoms with Gasteiger partial charge in [0.25, 0.3) is 10.0 Å². The average molecular weight is 582 g/mol. The molecule has 0 saturated heterocycles. The van der Waals surface area contributed by atoms with Crippen LogP contribution in [0.4, 0.5) is 5.69 Å². The SMILES string of the molecule is CC[C@H](C)NC(=O)[C@@H](C)N(Cc1cccc(OC)c1)C(=O)CN(c1ccc(C)cc1)S(=O)(=O)c1ccc(OC)cc1. The molecule has 0 aliphatic carbocycles. The fourth-order valence-electron chi connectivity index (χ4n) is 4.13. The Balaban J connectivity index is 2.03. The highest BCUT2D eigenvalue weighted by molar-refractivity contribution is 7.92. The number of hydrogen-bond donors (Lipinski definition) is 1. The van der Waals surface area contributed by atoms with Crippen LogP contribution in [0, 0.1) is 6.92 Å². The van der Waals surface area contributed by atoms with Crippen LogP contribution in [-0.2, 0) is 26.2 Å². The van der Waals surface area contributed by atoms with Gasteiger partial charge in [0, 0.05) is 12.6 Å². The lowest BCUT2D eigenvalue weighted by atomic mass is 10.1. The van der Waals surface area contributed by atoms with Gasteiger partial charge < -0.3 is 19.7 Å². The minimum Gasteiger partial charge on any atom is -0.497 e. The van der Waals surface area contributed by atoms with E-state index in [1.807, 2.05) is 26.8 Å². The molecule has 2 atom stereocenters. The number of nitrogens with zero attached hydrogens (tertiary/aromatic N) is 2. The molecule has 1 N–H and O–H groups in total. The van der Waals surface area contributed by atoms with Crippen LogP contribution < -0.4 is 19.1 Å². The van der Waals surface area contributed by atoms with Crippen molar-refractivity contribution >= 4 is 27.5 Å². The largest absolute Gasteiger partial charge is 0.497 e. The van der Waals surface area contributed by atoms with Crippen LogP contribution in [0.5, 0.6) is 11.5 Å².